The van der Waals surface area contributed by atoms with E-state index < -0.39 is 5.60 Å². The molecule has 1 aromatic carbocycles. The maximum atomic E-state index is 12.3. The molecule has 2 amide bonds. The van der Waals surface area contributed by atoms with Gasteiger partial charge in [-0.2, -0.15) is 5.10 Å². The molecule has 2 aromatic heterocycles. The number of nitrogens with zero attached hydrogens (tertiary/aromatic N) is 6. The van der Waals surface area contributed by atoms with E-state index in [1.807, 2.05) is 60.8 Å². The third-order valence-electron chi connectivity index (χ3n) is 7.18. The van der Waals surface area contributed by atoms with Crippen LogP contribution in [-0.4, -0.2) is 108 Å². The van der Waals surface area contributed by atoms with Crippen LogP contribution >= 0.6 is 0 Å². The predicted octanol–water partition coefficient (Wildman–Crippen LogP) is 3.21. The smallest absolute Gasteiger partial charge is 0.410 e. The minimum absolute atomic E-state index is 0.237. The van der Waals surface area contributed by atoms with Gasteiger partial charge in [0.25, 0.3) is 0 Å². The molecule has 0 aliphatic carbocycles. The number of amides is 2. The van der Waals surface area contributed by atoms with Crippen molar-refractivity contribution in [1.29, 1.82) is 0 Å². The minimum atomic E-state index is -0.471. The van der Waals surface area contributed by atoms with Crippen molar-refractivity contribution < 1.29 is 19.1 Å². The van der Waals surface area contributed by atoms with E-state index in [0.29, 0.717) is 19.7 Å². The van der Waals surface area contributed by atoms with Gasteiger partial charge in [-0.05, 0) is 50.6 Å². The fourth-order valence-corrected chi connectivity index (χ4v) is 5.01. The van der Waals surface area contributed by atoms with Crippen LogP contribution in [0, 0.1) is 0 Å². The lowest BCUT2D eigenvalue weighted by Gasteiger charge is -2.35. The van der Waals surface area contributed by atoms with Crippen LogP contribution in [0.1, 0.15) is 20.8 Å². The summed E-state index contributed by atoms with van der Waals surface area (Å²) < 4.78 is 13.4. The third-order valence-corrected chi connectivity index (χ3v) is 7.18. The molecule has 10 heteroatoms. The molecule has 0 bridgehead atoms. The van der Waals surface area contributed by atoms with E-state index in [2.05, 4.69) is 33.1 Å². The first-order valence-corrected chi connectivity index (χ1v) is 13.6. The molecule has 0 radical (unpaired) electrons. The molecule has 2 aliphatic rings. The summed E-state index contributed by atoms with van der Waals surface area (Å²) in [6.07, 6.45) is 4.57. The number of piperazine rings is 2. The summed E-state index contributed by atoms with van der Waals surface area (Å²) in [5.41, 5.74) is 3.91. The molecular formula is C29H38N6O4. The Hall–Kier alpha value is -3.79. The maximum Gasteiger partial charge on any atom is 0.410 e. The van der Waals surface area contributed by atoms with Gasteiger partial charge in [-0.1, -0.05) is 12.1 Å². The van der Waals surface area contributed by atoms with Crippen molar-refractivity contribution >= 4 is 23.7 Å². The van der Waals surface area contributed by atoms with Crippen molar-refractivity contribution in [3.63, 3.8) is 0 Å². The number of aromatic nitrogens is 2. The summed E-state index contributed by atoms with van der Waals surface area (Å²) >= 11 is 0. The summed E-state index contributed by atoms with van der Waals surface area (Å²) in [4.78, 5) is 31.5. The van der Waals surface area contributed by atoms with Gasteiger partial charge >= 0.3 is 6.09 Å². The van der Waals surface area contributed by atoms with Gasteiger partial charge in [0.2, 0.25) is 6.41 Å². The van der Waals surface area contributed by atoms with Crippen molar-refractivity contribution in [3.05, 3.63) is 48.8 Å². The maximum absolute atomic E-state index is 12.3. The number of anilines is 1. The summed E-state index contributed by atoms with van der Waals surface area (Å²) in [5, 5.41) is 4.51. The quantitative estimate of drug-likeness (QED) is 0.431. The van der Waals surface area contributed by atoms with Crippen LogP contribution in [0.2, 0.25) is 0 Å². The first kappa shape index (κ1) is 26.8. The zero-order valence-electron chi connectivity index (χ0n) is 23.1. The molecular weight excluding hydrogens is 496 g/mol. The number of carbonyl (C=O) groups is 2. The average Bonchev–Trinajstić information content (AvgIpc) is 3.38. The number of hydrogen-bond acceptors (Lipinski definition) is 7. The predicted molar refractivity (Wildman–Crippen MR) is 150 cm³/mol. The van der Waals surface area contributed by atoms with Crippen molar-refractivity contribution in [1.82, 2.24) is 24.3 Å². The molecule has 10 nitrogen and oxygen atoms in total. The molecule has 0 N–H and O–H groups in total. The molecule has 4 heterocycles. The van der Waals surface area contributed by atoms with Gasteiger partial charge in [0.15, 0.2) is 0 Å². The van der Waals surface area contributed by atoms with Gasteiger partial charge in [0.1, 0.15) is 18.0 Å². The number of ether oxygens (including phenoxy) is 2. The molecule has 0 spiro atoms. The first-order chi connectivity index (χ1) is 18.8. The van der Waals surface area contributed by atoms with E-state index in [9.17, 15) is 9.59 Å². The Morgan fingerprint density at radius 1 is 0.949 bits per heavy atom. The summed E-state index contributed by atoms with van der Waals surface area (Å²) in [6.45, 7) is 13.1. The Morgan fingerprint density at radius 2 is 1.67 bits per heavy atom. The highest BCUT2D eigenvalue weighted by Gasteiger charge is 2.25. The van der Waals surface area contributed by atoms with Crippen LogP contribution in [0.4, 0.5) is 10.5 Å². The van der Waals surface area contributed by atoms with E-state index in [1.165, 1.54) is 0 Å². The van der Waals surface area contributed by atoms with E-state index in [0.717, 1.165) is 80.3 Å². The number of hydrogen-bond donors (Lipinski definition) is 0. The lowest BCUT2D eigenvalue weighted by Crippen LogP contribution is -2.50. The molecule has 5 rings (SSSR count). The Bertz CT molecular complexity index is 1270. The number of benzene rings is 1. The SMILES string of the molecule is CC(C)(C)OC(=O)N1CCN(CCOc2ccc(-c3cc4c(N5CCN(C=O)CC5)ccnn4c3)cc2)CC1. The Kier molecular flexibility index (Phi) is 7.92. The summed E-state index contributed by atoms with van der Waals surface area (Å²) in [6, 6.07) is 12.4. The highest BCUT2D eigenvalue weighted by atomic mass is 16.6. The molecule has 2 saturated heterocycles. The lowest BCUT2D eigenvalue weighted by atomic mass is 10.1. The third kappa shape index (κ3) is 6.62. The normalized spacial score (nSPS) is 16.9. The van der Waals surface area contributed by atoms with Gasteiger partial charge in [0.05, 0.1) is 11.2 Å². The van der Waals surface area contributed by atoms with Crippen molar-refractivity contribution in [3.8, 4) is 16.9 Å². The van der Waals surface area contributed by atoms with Crippen LogP contribution in [0.5, 0.6) is 5.75 Å². The Balaban J connectivity index is 1.13. The molecule has 208 valence electrons. The second-order valence-electron chi connectivity index (χ2n) is 11.1. The van der Waals surface area contributed by atoms with Crippen molar-refractivity contribution in [2.75, 3.05) is 70.4 Å². The number of rotatable bonds is 7. The van der Waals surface area contributed by atoms with Crippen LogP contribution in [0.15, 0.2) is 48.8 Å². The van der Waals surface area contributed by atoms with E-state index in [-0.39, 0.29) is 6.09 Å². The fourth-order valence-electron chi connectivity index (χ4n) is 5.01. The van der Waals surface area contributed by atoms with Crippen molar-refractivity contribution in [2.24, 2.45) is 0 Å². The molecule has 2 aliphatic heterocycles. The lowest BCUT2D eigenvalue weighted by molar-refractivity contribution is -0.118. The number of fused-ring (bicyclic) bond motifs is 1. The summed E-state index contributed by atoms with van der Waals surface area (Å²) in [7, 11) is 0. The average molecular weight is 535 g/mol. The van der Waals surface area contributed by atoms with E-state index >= 15 is 0 Å². The largest absolute Gasteiger partial charge is 0.492 e. The molecule has 2 fully saturated rings. The van der Waals surface area contributed by atoms with Gasteiger partial charge in [-0.3, -0.25) is 9.69 Å². The molecule has 0 unspecified atom stereocenters. The molecule has 0 atom stereocenters. The van der Waals surface area contributed by atoms with Crippen LogP contribution < -0.4 is 9.64 Å². The standard InChI is InChI=1S/C29H38N6O4/c1-29(2,3)39-28(37)34-16-10-31(11-17-34)18-19-38-25-6-4-23(5-7-25)24-20-27-26(8-9-30-35(27)21-24)33-14-12-32(22-36)13-15-33/h4-9,20-22H,10-19H2,1-3H3. The van der Waals surface area contributed by atoms with Crippen LogP contribution in [-0.2, 0) is 9.53 Å². The van der Waals surface area contributed by atoms with Gasteiger partial charge in [0, 0.05) is 76.9 Å². The Labute approximate surface area is 229 Å². The second kappa shape index (κ2) is 11.5. The highest BCUT2D eigenvalue weighted by molar-refractivity contribution is 5.80. The summed E-state index contributed by atoms with van der Waals surface area (Å²) in [5.74, 6) is 0.835. The topological polar surface area (TPSA) is 82.9 Å². The highest BCUT2D eigenvalue weighted by Crippen LogP contribution is 2.29. The van der Waals surface area contributed by atoms with Crippen molar-refractivity contribution in [2.45, 2.75) is 26.4 Å². The minimum Gasteiger partial charge on any atom is -0.492 e. The Morgan fingerprint density at radius 3 is 2.33 bits per heavy atom. The first-order valence-electron chi connectivity index (χ1n) is 13.6. The zero-order valence-corrected chi connectivity index (χ0v) is 23.1. The van der Waals surface area contributed by atoms with Crippen LogP contribution in [0.3, 0.4) is 0 Å². The van der Waals surface area contributed by atoms with Gasteiger partial charge in [-0.15, -0.1) is 0 Å². The molecule has 0 saturated carbocycles. The monoisotopic (exact) mass is 534 g/mol. The second-order valence-corrected chi connectivity index (χ2v) is 11.1. The zero-order chi connectivity index (χ0) is 27.4. The van der Waals surface area contributed by atoms with Crippen LogP contribution in [0.25, 0.3) is 16.6 Å². The molecule has 3 aromatic rings. The number of carbonyl (C=O) groups excluding carboxylic acids is 2. The van der Waals surface area contributed by atoms with E-state index in [4.69, 9.17) is 9.47 Å². The van der Waals surface area contributed by atoms with Gasteiger partial charge in [-0.25, -0.2) is 9.31 Å². The van der Waals surface area contributed by atoms with Gasteiger partial charge < -0.3 is 24.2 Å². The van der Waals surface area contributed by atoms with E-state index in [1.54, 1.807) is 4.90 Å². The fraction of sp³-hybridized carbons (Fsp3) is 0.483. The molecule has 39 heavy (non-hydrogen) atoms.